The van der Waals surface area contributed by atoms with Crippen LogP contribution in [0.3, 0.4) is 0 Å². The van der Waals surface area contributed by atoms with Gasteiger partial charge >= 0.3 is 11.7 Å². The van der Waals surface area contributed by atoms with Crippen LogP contribution in [0.5, 0.6) is 0 Å². The predicted molar refractivity (Wildman–Crippen MR) is 114 cm³/mol. The number of hydrogen-bond acceptors (Lipinski definition) is 7. The molecule has 29 heavy (non-hydrogen) atoms. The van der Waals surface area contributed by atoms with Crippen LogP contribution in [0.1, 0.15) is 33.9 Å². The number of nitrogens with two attached hydrogens (primary N) is 1. The first-order valence-electron chi connectivity index (χ1n) is 9.65. The Morgan fingerprint density at radius 2 is 2.10 bits per heavy atom. The van der Waals surface area contributed by atoms with Gasteiger partial charge in [0.2, 0.25) is 0 Å². The molecule has 0 fully saturated rings. The first kappa shape index (κ1) is 23.0. The standard InChI is InChI=1S/C20H31N3O5Si/c1-7-26-18(24)9-8-14-12-17(23-11-10-16(21)22-19(23)25)28-15(14)13-27-29(5,6)20(2,3)4/h8-12,15,17H,7,13H2,1-6H3,(H2,21,22,25)/b9-8+/t15-,17-/m1/s1. The van der Waals surface area contributed by atoms with Gasteiger partial charge in [-0.3, -0.25) is 4.57 Å². The molecule has 2 N–H and O–H groups in total. The van der Waals surface area contributed by atoms with Crippen LogP contribution in [0, 0.1) is 0 Å². The molecule has 0 saturated heterocycles. The smallest absolute Gasteiger partial charge is 0.351 e. The fraction of sp³-hybridized carbons (Fsp3) is 0.550. The number of hydrogen-bond donors (Lipinski definition) is 1. The van der Waals surface area contributed by atoms with E-state index in [1.807, 2.05) is 0 Å². The molecular weight excluding hydrogens is 390 g/mol. The Morgan fingerprint density at radius 1 is 1.41 bits per heavy atom. The number of esters is 1. The van der Waals surface area contributed by atoms with E-state index >= 15 is 0 Å². The van der Waals surface area contributed by atoms with Gasteiger partial charge in [0, 0.05) is 12.3 Å². The van der Waals surface area contributed by atoms with Crippen molar-refractivity contribution in [2.24, 2.45) is 0 Å². The number of ether oxygens (including phenoxy) is 2. The van der Waals surface area contributed by atoms with Crippen LogP contribution in [0.25, 0.3) is 0 Å². The third-order valence-electron chi connectivity index (χ3n) is 5.24. The van der Waals surface area contributed by atoms with E-state index < -0.39 is 32.3 Å². The molecule has 0 saturated carbocycles. The maximum atomic E-state index is 12.2. The molecule has 160 valence electrons. The minimum atomic E-state index is -2.00. The zero-order valence-corrected chi connectivity index (χ0v) is 19.0. The quantitative estimate of drug-likeness (QED) is 0.410. The lowest BCUT2D eigenvalue weighted by Gasteiger charge is -2.37. The van der Waals surface area contributed by atoms with Crippen molar-refractivity contribution in [3.63, 3.8) is 0 Å². The van der Waals surface area contributed by atoms with Crippen LogP contribution in [-0.2, 0) is 18.7 Å². The van der Waals surface area contributed by atoms with E-state index in [9.17, 15) is 9.59 Å². The molecule has 2 atom stereocenters. The van der Waals surface area contributed by atoms with Crippen molar-refractivity contribution in [1.29, 1.82) is 0 Å². The highest BCUT2D eigenvalue weighted by atomic mass is 28.4. The Labute approximate surface area is 172 Å². The maximum Gasteiger partial charge on any atom is 0.351 e. The first-order chi connectivity index (χ1) is 13.4. The zero-order chi connectivity index (χ0) is 21.8. The number of carbonyl (C=O) groups is 1. The SMILES string of the molecule is CCOC(=O)/C=C/C1=C[C@H](n2ccc(N)nc2=O)O[C@@H]1CO[Si](C)(C)C(C)(C)C. The van der Waals surface area contributed by atoms with E-state index in [0.717, 1.165) is 5.57 Å². The number of rotatable bonds is 7. The minimum Gasteiger partial charge on any atom is -0.463 e. The first-order valence-corrected chi connectivity index (χ1v) is 12.6. The fourth-order valence-corrected chi connectivity index (χ4v) is 3.48. The van der Waals surface area contributed by atoms with Gasteiger partial charge in [0.25, 0.3) is 0 Å². The van der Waals surface area contributed by atoms with E-state index in [2.05, 4.69) is 38.8 Å². The van der Waals surface area contributed by atoms with Gasteiger partial charge in [-0.1, -0.05) is 20.8 Å². The fourth-order valence-electron chi connectivity index (χ4n) is 2.48. The number of aromatic nitrogens is 2. The average Bonchev–Trinajstić information content (AvgIpc) is 3.00. The van der Waals surface area contributed by atoms with Crippen LogP contribution >= 0.6 is 0 Å². The Kier molecular flexibility index (Phi) is 7.20. The van der Waals surface area contributed by atoms with Crippen molar-refractivity contribution in [2.75, 3.05) is 18.9 Å². The molecule has 1 aromatic rings. The highest BCUT2D eigenvalue weighted by molar-refractivity contribution is 6.74. The van der Waals surface area contributed by atoms with Crippen LogP contribution in [-0.4, -0.2) is 43.2 Å². The molecule has 8 nitrogen and oxygen atoms in total. The summed E-state index contributed by atoms with van der Waals surface area (Å²) in [7, 11) is -2.00. The van der Waals surface area contributed by atoms with Crippen LogP contribution in [0.2, 0.25) is 18.1 Å². The summed E-state index contributed by atoms with van der Waals surface area (Å²) in [5, 5.41) is 0.0491. The van der Waals surface area contributed by atoms with Crippen molar-refractivity contribution in [2.45, 2.75) is 58.2 Å². The number of nitrogen functional groups attached to an aromatic ring is 1. The molecular formula is C20H31N3O5Si. The topological polar surface area (TPSA) is 106 Å². The zero-order valence-electron chi connectivity index (χ0n) is 18.0. The lowest BCUT2D eigenvalue weighted by molar-refractivity contribution is -0.137. The van der Waals surface area contributed by atoms with Crippen LogP contribution < -0.4 is 11.4 Å². The van der Waals surface area contributed by atoms with Gasteiger partial charge in [-0.05, 0) is 48.8 Å². The molecule has 0 amide bonds. The molecule has 1 aromatic heterocycles. The number of carbonyl (C=O) groups excluding carboxylic acids is 1. The molecule has 9 heteroatoms. The lowest BCUT2D eigenvalue weighted by Crippen LogP contribution is -2.43. The second kappa shape index (κ2) is 9.06. The van der Waals surface area contributed by atoms with Crippen molar-refractivity contribution in [3.05, 3.63) is 46.5 Å². The monoisotopic (exact) mass is 421 g/mol. The second-order valence-electron chi connectivity index (χ2n) is 8.38. The third kappa shape index (κ3) is 5.88. The molecule has 0 radical (unpaired) electrons. The van der Waals surface area contributed by atoms with Gasteiger partial charge in [-0.2, -0.15) is 4.98 Å². The van der Waals surface area contributed by atoms with Gasteiger partial charge in [0.05, 0.1) is 13.2 Å². The summed E-state index contributed by atoms with van der Waals surface area (Å²) in [5.74, 6) is -0.291. The average molecular weight is 422 g/mol. The molecule has 0 unspecified atom stereocenters. The summed E-state index contributed by atoms with van der Waals surface area (Å²) in [6.07, 6.45) is 5.22. The Bertz CT molecular complexity index is 854. The largest absolute Gasteiger partial charge is 0.463 e. The summed E-state index contributed by atoms with van der Waals surface area (Å²) in [4.78, 5) is 27.6. The van der Waals surface area contributed by atoms with Crippen LogP contribution in [0.15, 0.2) is 40.9 Å². The Morgan fingerprint density at radius 3 is 2.69 bits per heavy atom. The minimum absolute atomic E-state index is 0.0491. The summed E-state index contributed by atoms with van der Waals surface area (Å²) >= 11 is 0. The summed E-state index contributed by atoms with van der Waals surface area (Å²) in [5.41, 5.74) is 5.80. The molecule has 1 aliphatic rings. The van der Waals surface area contributed by atoms with E-state index in [1.165, 1.54) is 22.9 Å². The second-order valence-corrected chi connectivity index (χ2v) is 13.2. The normalized spacial score (nSPS) is 20.1. The van der Waals surface area contributed by atoms with Gasteiger partial charge in [-0.25, -0.2) is 9.59 Å². The van der Waals surface area contributed by atoms with Crippen LogP contribution in [0.4, 0.5) is 5.82 Å². The van der Waals surface area contributed by atoms with Gasteiger partial charge < -0.3 is 19.6 Å². The van der Waals surface area contributed by atoms with Gasteiger partial charge in [0.15, 0.2) is 14.5 Å². The predicted octanol–water partition coefficient (Wildman–Crippen LogP) is 2.79. The summed E-state index contributed by atoms with van der Waals surface area (Å²) in [6, 6.07) is 1.53. The summed E-state index contributed by atoms with van der Waals surface area (Å²) in [6.45, 7) is 13.2. The Hall–Kier alpha value is -2.23. The van der Waals surface area contributed by atoms with E-state index in [4.69, 9.17) is 19.6 Å². The van der Waals surface area contributed by atoms with Gasteiger partial charge in [-0.15, -0.1) is 0 Å². The maximum absolute atomic E-state index is 12.2. The molecule has 2 rings (SSSR count). The molecule has 0 aromatic carbocycles. The van der Waals surface area contributed by atoms with E-state index in [0.29, 0.717) is 13.2 Å². The molecule has 0 spiro atoms. The molecule has 1 aliphatic heterocycles. The highest BCUT2D eigenvalue weighted by Gasteiger charge is 2.39. The van der Waals surface area contributed by atoms with Crippen molar-refractivity contribution in [1.82, 2.24) is 9.55 Å². The summed E-state index contributed by atoms with van der Waals surface area (Å²) < 4.78 is 18.7. The number of nitrogens with zero attached hydrogens (tertiary/aromatic N) is 2. The molecule has 2 heterocycles. The van der Waals surface area contributed by atoms with E-state index in [1.54, 1.807) is 19.1 Å². The Balaban J connectivity index is 2.25. The van der Waals surface area contributed by atoms with Crippen molar-refractivity contribution >= 4 is 20.1 Å². The highest BCUT2D eigenvalue weighted by Crippen LogP contribution is 2.37. The number of anilines is 1. The molecule has 0 aliphatic carbocycles. The van der Waals surface area contributed by atoms with Crippen molar-refractivity contribution in [3.8, 4) is 0 Å². The van der Waals surface area contributed by atoms with Gasteiger partial charge in [0.1, 0.15) is 11.9 Å². The molecule has 0 bridgehead atoms. The van der Waals surface area contributed by atoms with E-state index in [-0.39, 0.29) is 10.9 Å². The third-order valence-corrected chi connectivity index (χ3v) is 9.74. The van der Waals surface area contributed by atoms with Crippen molar-refractivity contribution < 1.29 is 18.7 Å². The lowest BCUT2D eigenvalue weighted by atomic mass is 10.1.